The molecule has 0 atom stereocenters. The van der Waals surface area contributed by atoms with Gasteiger partial charge in [0.15, 0.2) is 5.92 Å². The molecule has 21 heavy (non-hydrogen) atoms. The molecule has 0 amide bonds. The van der Waals surface area contributed by atoms with Crippen molar-refractivity contribution in [3.05, 3.63) is 0 Å². The maximum absolute atomic E-state index is 10.4. The Balaban J connectivity index is 0. The van der Waals surface area contributed by atoms with E-state index in [4.69, 9.17) is 10.2 Å². The SMILES string of the molecule is CCCCCCC(C(=O)O)C(=O)O.CCCCCCCC. The van der Waals surface area contributed by atoms with Crippen LogP contribution in [0, 0.1) is 5.92 Å². The quantitative estimate of drug-likeness (QED) is 0.388. The molecule has 2 N–H and O–H groups in total. The zero-order chi connectivity index (χ0) is 16.5. The van der Waals surface area contributed by atoms with Crippen LogP contribution in [0.4, 0.5) is 0 Å². The summed E-state index contributed by atoms with van der Waals surface area (Å²) in [5.41, 5.74) is 0. The fraction of sp³-hybridized carbons (Fsp3) is 0.882. The Morgan fingerprint density at radius 3 is 1.29 bits per heavy atom. The van der Waals surface area contributed by atoms with Gasteiger partial charge in [0.25, 0.3) is 0 Å². The van der Waals surface area contributed by atoms with Gasteiger partial charge in [-0.05, 0) is 6.42 Å². The third-order valence-corrected chi connectivity index (χ3v) is 3.40. The van der Waals surface area contributed by atoms with E-state index in [-0.39, 0.29) is 6.42 Å². The van der Waals surface area contributed by atoms with Crippen LogP contribution >= 0.6 is 0 Å². The van der Waals surface area contributed by atoms with Gasteiger partial charge in [-0.1, -0.05) is 85.0 Å². The van der Waals surface area contributed by atoms with Crippen LogP contribution in [0.1, 0.15) is 91.4 Å². The molecular formula is C17H34O4. The third kappa shape index (κ3) is 16.9. The van der Waals surface area contributed by atoms with Gasteiger partial charge in [0.1, 0.15) is 0 Å². The number of rotatable bonds is 12. The van der Waals surface area contributed by atoms with E-state index in [1.54, 1.807) is 0 Å². The Morgan fingerprint density at radius 2 is 1.00 bits per heavy atom. The second-order valence-corrected chi connectivity index (χ2v) is 5.49. The highest BCUT2D eigenvalue weighted by molar-refractivity contribution is 5.92. The maximum Gasteiger partial charge on any atom is 0.317 e. The minimum absolute atomic E-state index is 0.241. The molecule has 0 aromatic heterocycles. The third-order valence-electron chi connectivity index (χ3n) is 3.40. The second kappa shape index (κ2) is 17.0. The number of carbonyl (C=O) groups is 2. The van der Waals surface area contributed by atoms with Crippen molar-refractivity contribution in [2.75, 3.05) is 0 Å². The fourth-order valence-corrected chi connectivity index (χ4v) is 1.98. The van der Waals surface area contributed by atoms with Crippen molar-refractivity contribution < 1.29 is 19.8 Å². The van der Waals surface area contributed by atoms with E-state index in [0.29, 0.717) is 6.42 Å². The van der Waals surface area contributed by atoms with Gasteiger partial charge in [0.05, 0.1) is 0 Å². The Kier molecular flexibility index (Phi) is 18.0. The highest BCUT2D eigenvalue weighted by atomic mass is 16.4. The first kappa shape index (κ1) is 22.2. The van der Waals surface area contributed by atoms with Gasteiger partial charge >= 0.3 is 11.9 Å². The summed E-state index contributed by atoms with van der Waals surface area (Å²) in [6, 6.07) is 0. The summed E-state index contributed by atoms with van der Waals surface area (Å²) in [6.45, 7) is 6.56. The average Bonchev–Trinajstić information content (AvgIpc) is 2.43. The molecule has 0 heterocycles. The molecular weight excluding hydrogens is 268 g/mol. The minimum Gasteiger partial charge on any atom is -0.481 e. The van der Waals surface area contributed by atoms with Crippen LogP contribution in [0.15, 0.2) is 0 Å². The lowest BCUT2D eigenvalue weighted by Gasteiger charge is -2.05. The topological polar surface area (TPSA) is 74.6 Å². The van der Waals surface area contributed by atoms with Crippen molar-refractivity contribution in [1.29, 1.82) is 0 Å². The highest BCUT2D eigenvalue weighted by Crippen LogP contribution is 2.11. The van der Waals surface area contributed by atoms with Crippen molar-refractivity contribution >= 4 is 11.9 Å². The Hall–Kier alpha value is -1.06. The molecule has 0 spiro atoms. The largest absolute Gasteiger partial charge is 0.481 e. The molecule has 0 radical (unpaired) electrons. The zero-order valence-corrected chi connectivity index (χ0v) is 14.1. The van der Waals surface area contributed by atoms with E-state index >= 15 is 0 Å². The average molecular weight is 302 g/mol. The summed E-state index contributed by atoms with van der Waals surface area (Å²) in [4.78, 5) is 20.8. The van der Waals surface area contributed by atoms with Gasteiger partial charge in [-0.25, -0.2) is 0 Å². The van der Waals surface area contributed by atoms with Gasteiger partial charge in [0, 0.05) is 0 Å². The van der Waals surface area contributed by atoms with E-state index in [0.717, 1.165) is 19.3 Å². The van der Waals surface area contributed by atoms with Crippen molar-refractivity contribution in [2.45, 2.75) is 91.4 Å². The van der Waals surface area contributed by atoms with Crippen LogP contribution in [-0.2, 0) is 9.59 Å². The zero-order valence-electron chi connectivity index (χ0n) is 14.1. The molecule has 0 aromatic carbocycles. The molecule has 0 saturated carbocycles. The molecule has 0 unspecified atom stereocenters. The maximum atomic E-state index is 10.4. The molecule has 4 heteroatoms. The lowest BCUT2D eigenvalue weighted by molar-refractivity contribution is -0.154. The van der Waals surface area contributed by atoms with E-state index < -0.39 is 17.9 Å². The van der Waals surface area contributed by atoms with Gasteiger partial charge < -0.3 is 10.2 Å². The summed E-state index contributed by atoms with van der Waals surface area (Å²) in [5, 5.41) is 17.0. The minimum atomic E-state index is -1.23. The Morgan fingerprint density at radius 1 is 0.667 bits per heavy atom. The van der Waals surface area contributed by atoms with Crippen LogP contribution in [0.2, 0.25) is 0 Å². The lowest BCUT2D eigenvalue weighted by Crippen LogP contribution is -2.23. The van der Waals surface area contributed by atoms with Gasteiger partial charge in [-0.2, -0.15) is 0 Å². The smallest absolute Gasteiger partial charge is 0.317 e. The number of hydrogen-bond acceptors (Lipinski definition) is 2. The van der Waals surface area contributed by atoms with Crippen molar-refractivity contribution in [3.63, 3.8) is 0 Å². The monoisotopic (exact) mass is 302 g/mol. The van der Waals surface area contributed by atoms with Crippen LogP contribution in [0.3, 0.4) is 0 Å². The Bertz CT molecular complexity index is 231. The summed E-state index contributed by atoms with van der Waals surface area (Å²) in [6.07, 6.45) is 12.4. The standard InChI is InChI=1S/C9H16O4.C8H18/c1-2-3-4-5-6-7(8(10)11)9(12)13;1-3-5-7-8-6-4-2/h7H,2-6H2,1H3,(H,10,11)(H,12,13);3-8H2,1-2H3. The molecule has 0 rings (SSSR count). The van der Waals surface area contributed by atoms with Gasteiger partial charge in [-0.3, -0.25) is 9.59 Å². The molecule has 4 nitrogen and oxygen atoms in total. The molecule has 0 saturated heterocycles. The molecule has 0 aromatic rings. The fourth-order valence-electron chi connectivity index (χ4n) is 1.98. The number of carboxylic acid groups (broad SMARTS) is 2. The molecule has 0 fully saturated rings. The first-order valence-corrected chi connectivity index (χ1v) is 8.46. The van der Waals surface area contributed by atoms with E-state index in [1.807, 2.05) is 6.92 Å². The van der Waals surface area contributed by atoms with Crippen LogP contribution in [-0.4, -0.2) is 22.2 Å². The van der Waals surface area contributed by atoms with E-state index in [2.05, 4.69) is 13.8 Å². The molecule has 126 valence electrons. The first-order valence-electron chi connectivity index (χ1n) is 8.46. The number of hydrogen-bond donors (Lipinski definition) is 2. The molecule has 0 aliphatic heterocycles. The molecule has 0 aliphatic rings. The number of carboxylic acids is 2. The summed E-state index contributed by atoms with van der Waals surface area (Å²) in [5.74, 6) is -3.69. The number of aliphatic carboxylic acids is 2. The van der Waals surface area contributed by atoms with E-state index in [9.17, 15) is 9.59 Å². The Labute approximate surface area is 129 Å². The predicted molar refractivity (Wildman–Crippen MR) is 86.6 cm³/mol. The normalized spacial score (nSPS) is 10.1. The van der Waals surface area contributed by atoms with Gasteiger partial charge in [-0.15, -0.1) is 0 Å². The first-order chi connectivity index (χ1) is 10.0. The highest BCUT2D eigenvalue weighted by Gasteiger charge is 2.24. The van der Waals surface area contributed by atoms with Crippen LogP contribution in [0.25, 0.3) is 0 Å². The second-order valence-electron chi connectivity index (χ2n) is 5.49. The molecule has 0 aliphatic carbocycles. The van der Waals surface area contributed by atoms with Crippen LogP contribution in [0.5, 0.6) is 0 Å². The van der Waals surface area contributed by atoms with Crippen LogP contribution < -0.4 is 0 Å². The number of unbranched alkanes of at least 4 members (excludes halogenated alkanes) is 8. The van der Waals surface area contributed by atoms with Crippen molar-refractivity contribution in [1.82, 2.24) is 0 Å². The van der Waals surface area contributed by atoms with Gasteiger partial charge in [0.2, 0.25) is 0 Å². The van der Waals surface area contributed by atoms with Crippen molar-refractivity contribution in [3.8, 4) is 0 Å². The lowest BCUT2D eigenvalue weighted by atomic mass is 10.0. The van der Waals surface area contributed by atoms with Crippen molar-refractivity contribution in [2.24, 2.45) is 5.92 Å². The van der Waals surface area contributed by atoms with E-state index in [1.165, 1.54) is 38.5 Å². The predicted octanol–water partition coefficient (Wildman–Crippen LogP) is 5.11. The summed E-state index contributed by atoms with van der Waals surface area (Å²) in [7, 11) is 0. The summed E-state index contributed by atoms with van der Waals surface area (Å²) >= 11 is 0. The molecule has 0 bridgehead atoms. The summed E-state index contributed by atoms with van der Waals surface area (Å²) < 4.78 is 0.